The standard InChI is InChI=1S/C24H30O8/c1-13-16(12-25)22(15-10-19(28-4)24(31-7)20(11-15)29-5)32-21(13)14-8-17(26-2)23(30-6)18(9-14)27-3/h8-11,21-22,25H,12H2,1-7H3/t21-,22+/m1/s1. The minimum absolute atomic E-state index is 0.159. The highest BCUT2D eigenvalue weighted by Gasteiger charge is 2.36. The fourth-order valence-corrected chi connectivity index (χ4v) is 4.02. The Morgan fingerprint density at radius 1 is 0.656 bits per heavy atom. The molecule has 1 heterocycles. The summed E-state index contributed by atoms with van der Waals surface area (Å²) in [5, 5.41) is 10.2. The zero-order chi connectivity index (χ0) is 23.4. The average molecular weight is 446 g/mol. The van der Waals surface area contributed by atoms with Gasteiger partial charge in [-0.25, -0.2) is 0 Å². The molecule has 3 rings (SSSR count). The SMILES string of the molecule is COc1cc([C@@H]2O[C@@H](c3cc(OC)c(OC)c(OC)c3)C(CO)=C2C)cc(OC)c1OC. The molecular formula is C24H30O8. The van der Waals surface area contributed by atoms with E-state index < -0.39 is 12.2 Å². The molecule has 1 aliphatic rings. The highest BCUT2D eigenvalue weighted by Crippen LogP contribution is 2.50. The van der Waals surface area contributed by atoms with Gasteiger partial charge in [0.25, 0.3) is 0 Å². The van der Waals surface area contributed by atoms with Crippen molar-refractivity contribution in [1.82, 2.24) is 0 Å². The summed E-state index contributed by atoms with van der Waals surface area (Å²) in [6.45, 7) is 1.78. The van der Waals surface area contributed by atoms with Gasteiger partial charge in [-0.3, -0.25) is 0 Å². The Hall–Kier alpha value is -3.10. The number of hydrogen-bond acceptors (Lipinski definition) is 8. The fourth-order valence-electron chi connectivity index (χ4n) is 4.02. The maximum atomic E-state index is 10.2. The van der Waals surface area contributed by atoms with Gasteiger partial charge in [0.1, 0.15) is 12.2 Å². The summed E-state index contributed by atoms with van der Waals surface area (Å²) in [5.41, 5.74) is 3.26. The van der Waals surface area contributed by atoms with Crippen LogP contribution in [0, 0.1) is 0 Å². The average Bonchev–Trinajstić information content (AvgIpc) is 3.17. The zero-order valence-electron chi connectivity index (χ0n) is 19.5. The van der Waals surface area contributed by atoms with E-state index in [1.165, 1.54) is 0 Å². The number of rotatable bonds is 9. The summed E-state index contributed by atoms with van der Waals surface area (Å²) in [6.07, 6.45) is -0.923. The van der Waals surface area contributed by atoms with Crippen LogP contribution in [0.5, 0.6) is 34.5 Å². The summed E-state index contributed by atoms with van der Waals surface area (Å²) in [7, 11) is 9.36. The summed E-state index contributed by atoms with van der Waals surface area (Å²) >= 11 is 0. The Balaban J connectivity index is 2.08. The maximum absolute atomic E-state index is 10.2. The van der Waals surface area contributed by atoms with Crippen LogP contribution < -0.4 is 28.4 Å². The lowest BCUT2D eigenvalue weighted by Gasteiger charge is -2.21. The first-order chi connectivity index (χ1) is 15.5. The third kappa shape index (κ3) is 4.03. The van der Waals surface area contributed by atoms with E-state index in [9.17, 15) is 5.11 Å². The van der Waals surface area contributed by atoms with Crippen molar-refractivity contribution in [2.75, 3.05) is 49.3 Å². The number of benzene rings is 2. The van der Waals surface area contributed by atoms with Crippen LogP contribution in [0.15, 0.2) is 35.4 Å². The molecule has 0 fully saturated rings. The first-order valence-corrected chi connectivity index (χ1v) is 10.0. The van der Waals surface area contributed by atoms with Gasteiger partial charge in [-0.2, -0.15) is 0 Å². The number of ether oxygens (including phenoxy) is 7. The second kappa shape index (κ2) is 10.0. The van der Waals surface area contributed by atoms with E-state index in [1.807, 2.05) is 31.2 Å². The second-order valence-corrected chi connectivity index (χ2v) is 7.18. The molecule has 32 heavy (non-hydrogen) atoms. The molecule has 0 bridgehead atoms. The molecule has 174 valence electrons. The van der Waals surface area contributed by atoms with E-state index in [4.69, 9.17) is 33.2 Å². The van der Waals surface area contributed by atoms with Gasteiger partial charge in [-0.05, 0) is 53.5 Å². The molecule has 0 unspecified atom stereocenters. The van der Waals surface area contributed by atoms with Gasteiger partial charge in [0.2, 0.25) is 11.5 Å². The van der Waals surface area contributed by atoms with E-state index in [2.05, 4.69) is 0 Å². The van der Waals surface area contributed by atoms with Gasteiger partial charge in [0, 0.05) is 0 Å². The molecule has 0 amide bonds. The Kier molecular flexibility index (Phi) is 7.37. The van der Waals surface area contributed by atoms with Crippen LogP contribution in [0.1, 0.15) is 30.3 Å². The molecule has 0 spiro atoms. The van der Waals surface area contributed by atoms with Crippen molar-refractivity contribution >= 4 is 0 Å². The van der Waals surface area contributed by atoms with Gasteiger partial charge in [-0.1, -0.05) is 0 Å². The Labute approximate surface area is 188 Å². The lowest BCUT2D eigenvalue weighted by molar-refractivity contribution is 0.0474. The minimum Gasteiger partial charge on any atom is -0.493 e. The van der Waals surface area contributed by atoms with Crippen LogP contribution in [0.3, 0.4) is 0 Å². The number of aliphatic hydroxyl groups excluding tert-OH is 1. The van der Waals surface area contributed by atoms with E-state index in [0.29, 0.717) is 34.5 Å². The minimum atomic E-state index is -0.502. The van der Waals surface area contributed by atoms with Crippen LogP contribution in [0.25, 0.3) is 0 Å². The molecule has 0 aromatic heterocycles. The summed E-state index contributed by atoms with van der Waals surface area (Å²) < 4.78 is 39.3. The van der Waals surface area contributed by atoms with Crippen molar-refractivity contribution in [3.63, 3.8) is 0 Å². The number of hydrogen-bond donors (Lipinski definition) is 1. The van der Waals surface area contributed by atoms with Crippen LogP contribution in [-0.2, 0) is 4.74 Å². The monoisotopic (exact) mass is 446 g/mol. The molecule has 2 aromatic rings. The van der Waals surface area contributed by atoms with E-state index in [-0.39, 0.29) is 6.61 Å². The molecule has 2 aromatic carbocycles. The highest BCUT2D eigenvalue weighted by molar-refractivity contribution is 5.57. The molecule has 1 aliphatic heterocycles. The smallest absolute Gasteiger partial charge is 0.203 e. The Bertz CT molecular complexity index is 947. The van der Waals surface area contributed by atoms with E-state index in [0.717, 1.165) is 22.3 Å². The summed E-state index contributed by atoms with van der Waals surface area (Å²) in [6, 6.07) is 7.35. The van der Waals surface area contributed by atoms with Gasteiger partial charge in [0.05, 0.1) is 49.3 Å². The van der Waals surface area contributed by atoms with Gasteiger partial charge in [-0.15, -0.1) is 0 Å². The van der Waals surface area contributed by atoms with Crippen LogP contribution in [0.4, 0.5) is 0 Å². The highest BCUT2D eigenvalue weighted by atomic mass is 16.5. The van der Waals surface area contributed by atoms with E-state index >= 15 is 0 Å². The second-order valence-electron chi connectivity index (χ2n) is 7.18. The van der Waals surface area contributed by atoms with Gasteiger partial charge >= 0.3 is 0 Å². The maximum Gasteiger partial charge on any atom is 0.203 e. The topological polar surface area (TPSA) is 84.8 Å². The predicted octanol–water partition coefficient (Wildman–Crippen LogP) is 3.86. The molecule has 0 radical (unpaired) electrons. The number of aliphatic hydroxyl groups is 1. The molecule has 8 heteroatoms. The molecule has 8 nitrogen and oxygen atoms in total. The molecule has 0 saturated heterocycles. The van der Waals surface area contributed by atoms with Crippen LogP contribution in [-0.4, -0.2) is 54.4 Å². The predicted molar refractivity (Wildman–Crippen MR) is 119 cm³/mol. The lowest BCUT2D eigenvalue weighted by Crippen LogP contribution is -2.07. The molecular weight excluding hydrogens is 416 g/mol. The van der Waals surface area contributed by atoms with E-state index in [1.54, 1.807) is 42.7 Å². The lowest BCUT2D eigenvalue weighted by atomic mass is 9.96. The Morgan fingerprint density at radius 3 is 1.34 bits per heavy atom. The first kappa shape index (κ1) is 23.6. The molecule has 1 N–H and O–H groups in total. The first-order valence-electron chi connectivity index (χ1n) is 10.0. The fraction of sp³-hybridized carbons (Fsp3) is 0.417. The Morgan fingerprint density at radius 2 is 1.03 bits per heavy atom. The summed E-state index contributed by atoms with van der Waals surface area (Å²) in [4.78, 5) is 0. The van der Waals surface area contributed by atoms with Gasteiger partial charge < -0.3 is 38.3 Å². The van der Waals surface area contributed by atoms with Crippen molar-refractivity contribution < 1.29 is 38.3 Å². The number of methoxy groups -OCH3 is 6. The van der Waals surface area contributed by atoms with Crippen LogP contribution in [0.2, 0.25) is 0 Å². The largest absolute Gasteiger partial charge is 0.493 e. The third-order valence-corrected chi connectivity index (χ3v) is 5.64. The van der Waals surface area contributed by atoms with Crippen molar-refractivity contribution in [1.29, 1.82) is 0 Å². The quantitative estimate of drug-likeness (QED) is 0.582. The van der Waals surface area contributed by atoms with Crippen LogP contribution >= 0.6 is 0 Å². The van der Waals surface area contributed by atoms with Crippen molar-refractivity contribution in [3.05, 3.63) is 46.5 Å². The van der Waals surface area contributed by atoms with Crippen molar-refractivity contribution in [3.8, 4) is 34.5 Å². The molecule has 0 aliphatic carbocycles. The van der Waals surface area contributed by atoms with Crippen molar-refractivity contribution in [2.45, 2.75) is 19.1 Å². The van der Waals surface area contributed by atoms with Gasteiger partial charge in [0.15, 0.2) is 23.0 Å². The third-order valence-electron chi connectivity index (χ3n) is 5.64. The summed E-state index contributed by atoms with van der Waals surface area (Å²) in [5.74, 6) is 3.07. The normalized spacial score (nSPS) is 17.9. The molecule has 0 saturated carbocycles. The zero-order valence-corrected chi connectivity index (χ0v) is 19.5. The molecule has 2 atom stereocenters. The van der Waals surface area contributed by atoms with Crippen molar-refractivity contribution in [2.24, 2.45) is 0 Å².